The van der Waals surface area contributed by atoms with Gasteiger partial charge in [-0.1, -0.05) is 19.7 Å². The Kier molecular flexibility index (Phi) is 22.0. The standard InChI is InChI=1S/C54H69N3O12/c1-34(2)52(61)67-31-19-13-10-16-28-64-43-25-22-40(46(58)37(43)7)49-55-50(41-23-26-44(38(8)47(41)59)65-29-17-11-14-20-32-68-53(62)35(3)4)57-51(56-49)42-24-27-45(39(9)48(42)60)66-30-18-12-15-21-33-69-54(63)36(5)6/h22-27,58-60H,1,3,5,10-21,28-33H2,2,4,6-9H3. The highest BCUT2D eigenvalue weighted by atomic mass is 16.5. The van der Waals surface area contributed by atoms with Gasteiger partial charge in [-0.2, -0.15) is 0 Å². The maximum atomic E-state index is 11.6. The van der Waals surface area contributed by atoms with Crippen LogP contribution in [0.15, 0.2) is 72.9 Å². The second kappa shape index (κ2) is 27.8. The second-order valence-corrected chi connectivity index (χ2v) is 17.1. The van der Waals surface area contributed by atoms with Gasteiger partial charge in [0.25, 0.3) is 0 Å². The molecule has 0 aliphatic carbocycles. The van der Waals surface area contributed by atoms with Crippen molar-refractivity contribution in [1.29, 1.82) is 0 Å². The Labute approximate surface area is 406 Å². The van der Waals surface area contributed by atoms with Gasteiger partial charge in [0.1, 0.15) is 34.5 Å². The van der Waals surface area contributed by atoms with Gasteiger partial charge in [0.15, 0.2) is 17.5 Å². The van der Waals surface area contributed by atoms with Gasteiger partial charge in [-0.25, -0.2) is 29.3 Å². The molecule has 0 amide bonds. The van der Waals surface area contributed by atoms with E-state index in [2.05, 4.69) is 19.7 Å². The third-order valence-electron chi connectivity index (χ3n) is 11.1. The van der Waals surface area contributed by atoms with E-state index in [0.717, 1.165) is 77.0 Å². The summed E-state index contributed by atoms with van der Waals surface area (Å²) in [7, 11) is 0. The van der Waals surface area contributed by atoms with E-state index in [1.54, 1.807) is 77.9 Å². The molecule has 0 bridgehead atoms. The minimum absolute atomic E-state index is 0.0908. The molecule has 0 saturated heterocycles. The number of hydrogen-bond donors (Lipinski definition) is 3. The van der Waals surface area contributed by atoms with Crippen molar-refractivity contribution in [3.8, 4) is 68.7 Å². The molecule has 0 radical (unpaired) electrons. The third kappa shape index (κ3) is 16.7. The number of carbonyl (C=O) groups is 3. The number of nitrogens with zero attached hydrogens (tertiary/aromatic N) is 3. The summed E-state index contributed by atoms with van der Waals surface area (Å²) in [5.41, 5.74) is 3.38. The lowest BCUT2D eigenvalue weighted by Crippen LogP contribution is -2.06. The number of hydrogen-bond acceptors (Lipinski definition) is 15. The van der Waals surface area contributed by atoms with Crippen LogP contribution in [0.2, 0.25) is 0 Å². The lowest BCUT2D eigenvalue weighted by Gasteiger charge is -2.16. The number of aromatic hydroxyl groups is 3. The van der Waals surface area contributed by atoms with Crippen LogP contribution in [0.5, 0.6) is 34.5 Å². The summed E-state index contributed by atoms with van der Waals surface area (Å²) in [5.74, 6) is 0.242. The number of carbonyl (C=O) groups excluding carboxylic acids is 3. The van der Waals surface area contributed by atoms with Crippen LogP contribution in [-0.4, -0.2) is 87.8 Å². The van der Waals surface area contributed by atoms with Crippen LogP contribution in [0, 0.1) is 20.8 Å². The van der Waals surface area contributed by atoms with E-state index >= 15 is 0 Å². The second-order valence-electron chi connectivity index (χ2n) is 17.1. The number of aromatic nitrogens is 3. The van der Waals surface area contributed by atoms with E-state index in [0.29, 0.717) is 90.3 Å². The molecule has 1 heterocycles. The molecule has 4 aromatic rings. The molecule has 0 aliphatic heterocycles. The third-order valence-corrected chi connectivity index (χ3v) is 11.1. The predicted octanol–water partition coefficient (Wildman–Crippen LogP) is 11.1. The molecule has 69 heavy (non-hydrogen) atoms. The number of benzene rings is 3. The predicted molar refractivity (Wildman–Crippen MR) is 265 cm³/mol. The Balaban J connectivity index is 1.53. The first-order valence-corrected chi connectivity index (χ1v) is 23.6. The highest BCUT2D eigenvalue weighted by molar-refractivity contribution is 5.87. The van der Waals surface area contributed by atoms with E-state index in [-0.39, 0.29) is 51.4 Å². The van der Waals surface area contributed by atoms with Crippen LogP contribution in [0.25, 0.3) is 34.2 Å². The number of esters is 3. The molecule has 0 atom stereocenters. The summed E-state index contributed by atoms with van der Waals surface area (Å²) in [5, 5.41) is 34.8. The Hall–Kier alpha value is -6.90. The summed E-state index contributed by atoms with van der Waals surface area (Å²) in [6, 6.07) is 10.2. The van der Waals surface area contributed by atoms with Gasteiger partial charge in [0.2, 0.25) is 0 Å². The van der Waals surface area contributed by atoms with Crippen LogP contribution in [0.1, 0.15) is 115 Å². The molecule has 15 heteroatoms. The van der Waals surface area contributed by atoms with Gasteiger partial charge in [-0.05, 0) is 155 Å². The SMILES string of the molecule is C=C(C)C(=O)OCCCCCCOc1ccc(-c2nc(-c3ccc(OCCCCCCOC(=O)C(=C)C)c(C)c3O)nc(-c3ccc(OCCCCCCOC(=O)C(=C)C)c(C)c3O)n2)c(O)c1C. The quantitative estimate of drug-likeness (QED) is 0.0192. The zero-order valence-corrected chi connectivity index (χ0v) is 41.2. The number of phenolic OH excluding ortho intramolecular Hbond substituents is 3. The zero-order chi connectivity index (χ0) is 50.5. The molecule has 15 nitrogen and oxygen atoms in total. The number of ether oxygens (including phenoxy) is 6. The molecule has 0 aliphatic rings. The first kappa shape index (κ1) is 54.7. The van der Waals surface area contributed by atoms with Crippen molar-refractivity contribution in [2.45, 2.75) is 119 Å². The van der Waals surface area contributed by atoms with Crippen molar-refractivity contribution in [3.63, 3.8) is 0 Å². The molecule has 3 N–H and O–H groups in total. The molecule has 3 aromatic carbocycles. The fourth-order valence-electron chi connectivity index (χ4n) is 6.88. The number of rotatable bonds is 30. The lowest BCUT2D eigenvalue weighted by atomic mass is 10.0. The molecule has 1 aromatic heterocycles. The summed E-state index contributed by atoms with van der Waals surface area (Å²) < 4.78 is 33.6. The van der Waals surface area contributed by atoms with Crippen LogP contribution < -0.4 is 14.2 Å². The van der Waals surface area contributed by atoms with E-state index in [4.69, 9.17) is 43.4 Å². The van der Waals surface area contributed by atoms with Crippen molar-refractivity contribution in [3.05, 3.63) is 89.5 Å². The van der Waals surface area contributed by atoms with E-state index in [9.17, 15) is 29.7 Å². The maximum absolute atomic E-state index is 11.6. The molecule has 0 spiro atoms. The molecular formula is C54H69N3O12. The minimum atomic E-state index is -0.391. The van der Waals surface area contributed by atoms with Crippen molar-refractivity contribution in [1.82, 2.24) is 15.0 Å². The first-order valence-electron chi connectivity index (χ1n) is 23.6. The van der Waals surface area contributed by atoms with Crippen LogP contribution >= 0.6 is 0 Å². The number of phenols is 3. The first-order chi connectivity index (χ1) is 33.0. The number of unbranched alkanes of at least 4 members (excludes halogenated alkanes) is 9. The Morgan fingerprint density at radius 1 is 0.406 bits per heavy atom. The van der Waals surface area contributed by atoms with Gasteiger partial charge in [0, 0.05) is 33.4 Å². The normalized spacial score (nSPS) is 10.9. The zero-order valence-electron chi connectivity index (χ0n) is 41.2. The molecule has 4 rings (SSSR count). The Morgan fingerprint density at radius 3 is 0.870 bits per heavy atom. The fourth-order valence-corrected chi connectivity index (χ4v) is 6.88. The molecule has 0 unspecified atom stereocenters. The van der Waals surface area contributed by atoms with E-state index in [1.165, 1.54) is 0 Å². The van der Waals surface area contributed by atoms with Crippen molar-refractivity contribution in [2.75, 3.05) is 39.6 Å². The van der Waals surface area contributed by atoms with Crippen LogP contribution in [0.3, 0.4) is 0 Å². The smallest absolute Gasteiger partial charge is 0.333 e. The molecular weight excluding hydrogens is 883 g/mol. The van der Waals surface area contributed by atoms with Gasteiger partial charge in [-0.15, -0.1) is 0 Å². The fraction of sp³-hybridized carbons (Fsp3) is 0.444. The van der Waals surface area contributed by atoms with E-state index in [1.807, 2.05) is 0 Å². The largest absolute Gasteiger partial charge is 0.507 e. The van der Waals surface area contributed by atoms with E-state index < -0.39 is 17.9 Å². The highest BCUT2D eigenvalue weighted by Crippen LogP contribution is 2.42. The average molecular weight is 952 g/mol. The average Bonchev–Trinajstić information content (AvgIpc) is 3.32. The molecule has 372 valence electrons. The minimum Gasteiger partial charge on any atom is -0.507 e. The monoisotopic (exact) mass is 951 g/mol. The van der Waals surface area contributed by atoms with Crippen LogP contribution in [-0.2, 0) is 28.6 Å². The Bertz CT molecular complexity index is 2170. The molecule has 0 fully saturated rings. The molecule has 0 saturated carbocycles. The van der Waals surface area contributed by atoms with Gasteiger partial charge in [-0.3, -0.25) is 0 Å². The van der Waals surface area contributed by atoms with Gasteiger partial charge < -0.3 is 43.7 Å². The summed E-state index contributed by atoms with van der Waals surface area (Å²) >= 11 is 0. The lowest BCUT2D eigenvalue weighted by molar-refractivity contribution is -0.139. The van der Waals surface area contributed by atoms with Crippen molar-refractivity contribution in [2.24, 2.45) is 0 Å². The summed E-state index contributed by atoms with van der Waals surface area (Å²) in [6.07, 6.45) is 9.59. The van der Waals surface area contributed by atoms with Crippen molar-refractivity contribution < 1.29 is 58.1 Å². The summed E-state index contributed by atoms with van der Waals surface area (Å²) in [6.45, 7) is 23.0. The topological polar surface area (TPSA) is 206 Å². The maximum Gasteiger partial charge on any atom is 0.333 e. The summed E-state index contributed by atoms with van der Waals surface area (Å²) in [4.78, 5) is 49.1. The highest BCUT2D eigenvalue weighted by Gasteiger charge is 2.23. The van der Waals surface area contributed by atoms with Crippen LogP contribution in [0.4, 0.5) is 0 Å². The Morgan fingerprint density at radius 2 is 0.638 bits per heavy atom. The van der Waals surface area contributed by atoms with Gasteiger partial charge in [0.05, 0.1) is 56.3 Å². The van der Waals surface area contributed by atoms with Crippen molar-refractivity contribution >= 4 is 17.9 Å². The van der Waals surface area contributed by atoms with Gasteiger partial charge >= 0.3 is 17.9 Å².